The molecule has 0 saturated carbocycles. The van der Waals surface area contributed by atoms with Gasteiger partial charge in [0, 0.05) is 25.9 Å². The third kappa shape index (κ3) is 4.23. The quantitative estimate of drug-likeness (QED) is 0.831. The normalized spacial score (nSPS) is 13.8. The lowest BCUT2D eigenvalue weighted by Gasteiger charge is -2.09. The number of rotatable bonds is 6. The first kappa shape index (κ1) is 17.1. The first-order valence-corrected chi connectivity index (χ1v) is 8.64. The number of hydrogen-bond donors (Lipinski definition) is 2. The van der Waals surface area contributed by atoms with E-state index in [4.69, 9.17) is 5.11 Å². The molecule has 7 heteroatoms. The van der Waals surface area contributed by atoms with Crippen LogP contribution in [-0.4, -0.2) is 38.3 Å². The summed E-state index contributed by atoms with van der Waals surface area (Å²) in [5.74, 6) is 0.733. The van der Waals surface area contributed by atoms with Gasteiger partial charge in [-0.15, -0.1) is 10.2 Å². The Labute approximate surface area is 146 Å². The zero-order chi connectivity index (χ0) is 17.6. The molecule has 1 aromatic heterocycles. The molecule has 1 amide bonds. The zero-order valence-corrected chi connectivity index (χ0v) is 14.1. The maximum Gasteiger partial charge on any atom is 0.335 e. The van der Waals surface area contributed by atoms with Crippen molar-refractivity contribution in [3.8, 4) is 0 Å². The van der Waals surface area contributed by atoms with E-state index in [1.165, 1.54) is 12.5 Å². The number of carbonyl (C=O) groups excluding carboxylic acids is 1. The number of nitrogens with one attached hydrogen (secondary N) is 1. The fourth-order valence-corrected chi connectivity index (χ4v) is 3.16. The standard InChI is InChI=1S/C18H22N4O3/c23-17(12-13-6-3-4-7-14(13)18(24)25)19-10-9-16-21-20-15-8-2-1-5-11-22(15)16/h3-4,6-7H,1-2,5,8-12H2,(H,19,23)(H,24,25). The Morgan fingerprint density at radius 3 is 2.84 bits per heavy atom. The van der Waals surface area contributed by atoms with E-state index in [1.807, 2.05) is 0 Å². The van der Waals surface area contributed by atoms with Crippen molar-refractivity contribution in [3.05, 3.63) is 47.0 Å². The highest BCUT2D eigenvalue weighted by molar-refractivity contribution is 5.91. The van der Waals surface area contributed by atoms with Crippen molar-refractivity contribution < 1.29 is 14.7 Å². The van der Waals surface area contributed by atoms with Gasteiger partial charge in [-0.3, -0.25) is 4.79 Å². The Balaban J connectivity index is 1.54. The number of benzene rings is 1. The summed E-state index contributed by atoms with van der Waals surface area (Å²) < 4.78 is 2.17. The van der Waals surface area contributed by atoms with Crippen molar-refractivity contribution in [1.82, 2.24) is 20.1 Å². The molecule has 132 valence electrons. The van der Waals surface area contributed by atoms with Crippen molar-refractivity contribution in [2.45, 2.75) is 45.1 Å². The third-order valence-electron chi connectivity index (χ3n) is 4.46. The van der Waals surface area contributed by atoms with Crippen LogP contribution in [0, 0.1) is 0 Å². The summed E-state index contributed by atoms with van der Waals surface area (Å²) in [6.07, 6.45) is 5.14. The van der Waals surface area contributed by atoms with Crippen molar-refractivity contribution in [3.63, 3.8) is 0 Å². The number of aromatic nitrogens is 3. The van der Waals surface area contributed by atoms with Crippen LogP contribution in [0.4, 0.5) is 0 Å². The average molecular weight is 342 g/mol. The van der Waals surface area contributed by atoms with Gasteiger partial charge in [-0.2, -0.15) is 0 Å². The Bertz CT molecular complexity index is 769. The molecule has 25 heavy (non-hydrogen) atoms. The van der Waals surface area contributed by atoms with Crippen LogP contribution >= 0.6 is 0 Å². The predicted molar refractivity (Wildman–Crippen MR) is 91.4 cm³/mol. The molecule has 1 aliphatic heterocycles. The van der Waals surface area contributed by atoms with Crippen molar-refractivity contribution in [2.75, 3.05) is 6.54 Å². The predicted octanol–water partition coefficient (Wildman–Crippen LogP) is 1.60. The number of aromatic carboxylic acids is 1. The molecule has 3 rings (SSSR count). The van der Waals surface area contributed by atoms with E-state index in [1.54, 1.807) is 18.2 Å². The lowest BCUT2D eigenvalue weighted by atomic mass is 10.0. The Morgan fingerprint density at radius 1 is 1.16 bits per heavy atom. The van der Waals surface area contributed by atoms with Crippen molar-refractivity contribution in [2.24, 2.45) is 0 Å². The van der Waals surface area contributed by atoms with E-state index in [-0.39, 0.29) is 17.9 Å². The second-order valence-corrected chi connectivity index (χ2v) is 6.23. The van der Waals surface area contributed by atoms with E-state index >= 15 is 0 Å². The van der Waals surface area contributed by atoms with E-state index in [0.29, 0.717) is 18.5 Å². The number of carboxylic acid groups (broad SMARTS) is 1. The van der Waals surface area contributed by atoms with E-state index < -0.39 is 5.97 Å². The van der Waals surface area contributed by atoms with Crippen LogP contribution < -0.4 is 5.32 Å². The van der Waals surface area contributed by atoms with Gasteiger partial charge in [0.15, 0.2) is 0 Å². The lowest BCUT2D eigenvalue weighted by molar-refractivity contribution is -0.120. The molecule has 1 aromatic carbocycles. The van der Waals surface area contributed by atoms with E-state index in [9.17, 15) is 9.59 Å². The van der Waals surface area contributed by atoms with Gasteiger partial charge in [0.2, 0.25) is 5.91 Å². The Hall–Kier alpha value is -2.70. The monoisotopic (exact) mass is 342 g/mol. The number of carbonyl (C=O) groups is 2. The van der Waals surface area contributed by atoms with Crippen LogP contribution in [0.1, 0.15) is 46.8 Å². The van der Waals surface area contributed by atoms with Gasteiger partial charge in [-0.1, -0.05) is 24.6 Å². The van der Waals surface area contributed by atoms with Crippen LogP contribution in [0.2, 0.25) is 0 Å². The molecule has 2 aromatic rings. The number of aryl methyl sites for hydroxylation is 1. The molecular weight excluding hydrogens is 320 g/mol. The molecule has 0 spiro atoms. The van der Waals surface area contributed by atoms with Gasteiger partial charge in [-0.25, -0.2) is 4.79 Å². The molecule has 0 radical (unpaired) electrons. The minimum Gasteiger partial charge on any atom is -0.478 e. The summed E-state index contributed by atoms with van der Waals surface area (Å²) in [6.45, 7) is 1.41. The zero-order valence-electron chi connectivity index (χ0n) is 14.1. The summed E-state index contributed by atoms with van der Waals surface area (Å²) in [4.78, 5) is 23.3. The number of hydrogen-bond acceptors (Lipinski definition) is 4. The van der Waals surface area contributed by atoms with Crippen LogP contribution in [0.3, 0.4) is 0 Å². The first-order valence-electron chi connectivity index (χ1n) is 8.64. The summed E-state index contributed by atoms with van der Waals surface area (Å²) in [5, 5.41) is 20.5. The van der Waals surface area contributed by atoms with Crippen LogP contribution in [0.25, 0.3) is 0 Å². The van der Waals surface area contributed by atoms with Crippen LogP contribution in [0.15, 0.2) is 24.3 Å². The summed E-state index contributed by atoms with van der Waals surface area (Å²) in [6, 6.07) is 6.57. The summed E-state index contributed by atoms with van der Waals surface area (Å²) in [7, 11) is 0. The second kappa shape index (κ2) is 7.92. The lowest BCUT2D eigenvalue weighted by Crippen LogP contribution is -2.28. The fraction of sp³-hybridized carbons (Fsp3) is 0.444. The van der Waals surface area contributed by atoms with Crippen LogP contribution in [-0.2, 0) is 30.6 Å². The summed E-state index contributed by atoms with van der Waals surface area (Å²) in [5.41, 5.74) is 0.685. The molecule has 0 fully saturated rings. The SMILES string of the molecule is O=C(Cc1ccccc1C(=O)O)NCCc1nnc2n1CCCCC2. The number of amides is 1. The number of nitrogens with zero attached hydrogens (tertiary/aromatic N) is 3. The van der Waals surface area contributed by atoms with Crippen molar-refractivity contribution >= 4 is 11.9 Å². The van der Waals surface area contributed by atoms with E-state index in [0.717, 1.165) is 37.5 Å². The fourth-order valence-electron chi connectivity index (χ4n) is 3.16. The first-order chi connectivity index (χ1) is 12.1. The van der Waals surface area contributed by atoms with Gasteiger partial charge in [0.25, 0.3) is 0 Å². The smallest absolute Gasteiger partial charge is 0.335 e. The maximum absolute atomic E-state index is 12.1. The molecule has 0 bridgehead atoms. The molecule has 7 nitrogen and oxygen atoms in total. The third-order valence-corrected chi connectivity index (χ3v) is 4.46. The van der Waals surface area contributed by atoms with Gasteiger partial charge >= 0.3 is 5.97 Å². The number of carboxylic acids is 1. The Morgan fingerprint density at radius 2 is 2.00 bits per heavy atom. The molecule has 0 aliphatic carbocycles. The second-order valence-electron chi connectivity index (χ2n) is 6.23. The molecule has 1 aliphatic rings. The van der Waals surface area contributed by atoms with Gasteiger partial charge < -0.3 is 15.0 Å². The molecule has 0 unspecified atom stereocenters. The average Bonchev–Trinajstić information content (AvgIpc) is 2.82. The van der Waals surface area contributed by atoms with Crippen molar-refractivity contribution in [1.29, 1.82) is 0 Å². The minimum absolute atomic E-state index is 0.0560. The summed E-state index contributed by atoms with van der Waals surface area (Å²) >= 11 is 0. The highest BCUT2D eigenvalue weighted by Gasteiger charge is 2.15. The molecule has 2 heterocycles. The highest BCUT2D eigenvalue weighted by Crippen LogP contribution is 2.14. The number of fused-ring (bicyclic) bond motifs is 1. The van der Waals surface area contributed by atoms with E-state index in [2.05, 4.69) is 20.1 Å². The largest absolute Gasteiger partial charge is 0.478 e. The minimum atomic E-state index is -1.02. The highest BCUT2D eigenvalue weighted by atomic mass is 16.4. The molecule has 0 atom stereocenters. The van der Waals surface area contributed by atoms with Gasteiger partial charge in [-0.05, 0) is 24.5 Å². The molecule has 0 saturated heterocycles. The van der Waals surface area contributed by atoms with Gasteiger partial charge in [0.05, 0.1) is 12.0 Å². The molecular formula is C18H22N4O3. The van der Waals surface area contributed by atoms with Gasteiger partial charge in [0.1, 0.15) is 11.6 Å². The Kier molecular flexibility index (Phi) is 5.42. The van der Waals surface area contributed by atoms with Crippen LogP contribution in [0.5, 0.6) is 0 Å². The topological polar surface area (TPSA) is 97.1 Å². The molecule has 2 N–H and O–H groups in total. The maximum atomic E-state index is 12.1.